The van der Waals surface area contributed by atoms with Crippen LogP contribution in [0.5, 0.6) is 5.75 Å². The topological polar surface area (TPSA) is 192 Å². The first kappa shape index (κ1) is 44.4. The molecular weight excluding hydrogens is 777 g/mol. The third kappa shape index (κ3) is 11.1. The molecule has 0 bridgehead atoms. The van der Waals surface area contributed by atoms with Crippen LogP contribution in [0.4, 0.5) is 34.3 Å². The van der Waals surface area contributed by atoms with Crippen molar-refractivity contribution in [2.75, 3.05) is 30.4 Å². The van der Waals surface area contributed by atoms with Gasteiger partial charge in [0, 0.05) is 24.7 Å². The summed E-state index contributed by atoms with van der Waals surface area (Å²) in [6.45, 7) is 14.9. The Balaban J connectivity index is 1.66. The number of hydrogen-bond acceptors (Lipinski definition) is 13. The van der Waals surface area contributed by atoms with Crippen molar-refractivity contribution in [2.45, 2.75) is 117 Å². The van der Waals surface area contributed by atoms with E-state index in [0.29, 0.717) is 29.1 Å². The summed E-state index contributed by atoms with van der Waals surface area (Å²) in [6, 6.07) is 5.64. The Hall–Kier alpha value is -5.72. The molecule has 4 heterocycles. The maximum atomic E-state index is 14.4. The molecule has 19 heteroatoms. The van der Waals surface area contributed by atoms with E-state index < -0.39 is 58.8 Å². The number of esters is 1. The minimum absolute atomic E-state index is 0.00577. The SMILES string of the molecule is COc1cc(F)ccc1-c1cc(Cn2cnc3c(NC(=O)OC(C)(C)C)nc(C(=O)OC(C)(C)C)nc32)c(N2CCCC(NC(=O)OC(C)(C)C)(C(O)C(F)F)C2)cn1. The molecule has 5 rings (SSSR count). The Morgan fingerprint density at radius 3 is 2.22 bits per heavy atom. The number of aliphatic hydroxyl groups is 1. The summed E-state index contributed by atoms with van der Waals surface area (Å²) in [5, 5.41) is 16.1. The Kier molecular flexibility index (Phi) is 12.7. The fourth-order valence-electron chi connectivity index (χ4n) is 6.53. The van der Waals surface area contributed by atoms with E-state index in [0.717, 1.165) is 0 Å². The van der Waals surface area contributed by atoms with E-state index in [9.17, 15) is 32.7 Å². The number of hydrogen-bond donors (Lipinski definition) is 3. The zero-order valence-corrected chi connectivity index (χ0v) is 34.8. The van der Waals surface area contributed by atoms with Gasteiger partial charge in [-0.15, -0.1) is 0 Å². The van der Waals surface area contributed by atoms with Crippen LogP contribution in [0.15, 0.2) is 36.8 Å². The van der Waals surface area contributed by atoms with Gasteiger partial charge < -0.3 is 38.8 Å². The van der Waals surface area contributed by atoms with Crippen LogP contribution >= 0.6 is 0 Å². The van der Waals surface area contributed by atoms with Crippen molar-refractivity contribution >= 4 is 40.8 Å². The van der Waals surface area contributed by atoms with E-state index >= 15 is 0 Å². The minimum atomic E-state index is -3.21. The highest BCUT2D eigenvalue weighted by Gasteiger charge is 2.48. The fraction of sp³-hybridized carbons (Fsp3) is 0.525. The normalized spacial score (nSPS) is 16.8. The number of nitrogens with one attached hydrogen (secondary N) is 2. The molecule has 59 heavy (non-hydrogen) atoms. The number of benzene rings is 1. The van der Waals surface area contributed by atoms with Gasteiger partial charge in [-0.1, -0.05) is 0 Å². The monoisotopic (exact) mass is 828 g/mol. The van der Waals surface area contributed by atoms with Gasteiger partial charge in [0.1, 0.15) is 34.5 Å². The molecule has 2 unspecified atom stereocenters. The van der Waals surface area contributed by atoms with Gasteiger partial charge in [-0.25, -0.2) is 42.5 Å². The lowest BCUT2D eigenvalue weighted by Crippen LogP contribution is -2.67. The molecule has 2 amide bonds. The Morgan fingerprint density at radius 1 is 0.932 bits per heavy atom. The number of methoxy groups -OCH3 is 1. The number of fused-ring (bicyclic) bond motifs is 1. The van der Waals surface area contributed by atoms with Gasteiger partial charge in [-0.2, -0.15) is 0 Å². The average Bonchev–Trinajstić information content (AvgIpc) is 3.51. The van der Waals surface area contributed by atoms with Crippen molar-refractivity contribution in [3.05, 3.63) is 54.0 Å². The van der Waals surface area contributed by atoms with E-state index in [2.05, 4.69) is 30.6 Å². The van der Waals surface area contributed by atoms with Gasteiger partial charge in [0.2, 0.25) is 5.82 Å². The van der Waals surface area contributed by atoms with Crippen LogP contribution < -0.4 is 20.3 Å². The summed E-state index contributed by atoms with van der Waals surface area (Å²) in [5.41, 5.74) is -2.68. The molecule has 1 saturated heterocycles. The van der Waals surface area contributed by atoms with E-state index in [1.54, 1.807) is 77.8 Å². The van der Waals surface area contributed by atoms with E-state index in [1.165, 1.54) is 37.8 Å². The molecule has 4 aromatic rings. The second-order valence-electron chi connectivity index (χ2n) is 17.2. The first-order chi connectivity index (χ1) is 27.4. The molecular formula is C40H51F3N8O8. The molecule has 3 aromatic heterocycles. The maximum Gasteiger partial charge on any atom is 0.413 e. The summed E-state index contributed by atoms with van der Waals surface area (Å²) in [4.78, 5) is 59.0. The second kappa shape index (κ2) is 16.9. The number of rotatable bonds is 10. The number of alkyl carbamates (subject to hydrolysis) is 1. The summed E-state index contributed by atoms with van der Waals surface area (Å²) < 4.78 is 66.4. The third-order valence-electron chi connectivity index (χ3n) is 8.83. The molecule has 320 valence electrons. The molecule has 0 spiro atoms. The Bertz CT molecular complexity index is 2200. The van der Waals surface area contributed by atoms with Crippen LogP contribution in [0.2, 0.25) is 0 Å². The lowest BCUT2D eigenvalue weighted by Gasteiger charge is -2.46. The van der Waals surface area contributed by atoms with Crippen molar-refractivity contribution in [1.82, 2.24) is 29.8 Å². The first-order valence-electron chi connectivity index (χ1n) is 18.9. The zero-order chi connectivity index (χ0) is 43.7. The highest BCUT2D eigenvalue weighted by molar-refractivity contribution is 5.96. The summed E-state index contributed by atoms with van der Waals surface area (Å²) >= 11 is 0. The number of nitrogens with zero attached hydrogens (tertiary/aromatic N) is 6. The Labute approximate surface area is 339 Å². The Morgan fingerprint density at radius 2 is 1.59 bits per heavy atom. The van der Waals surface area contributed by atoms with Crippen molar-refractivity contribution in [3.63, 3.8) is 0 Å². The molecule has 2 atom stereocenters. The lowest BCUT2D eigenvalue weighted by molar-refractivity contribution is -0.0664. The lowest BCUT2D eigenvalue weighted by atomic mass is 9.83. The average molecular weight is 829 g/mol. The highest BCUT2D eigenvalue weighted by Crippen LogP contribution is 2.37. The molecule has 1 aliphatic heterocycles. The van der Waals surface area contributed by atoms with Crippen LogP contribution in [0.1, 0.15) is 91.3 Å². The number of imidazole rings is 1. The number of carbonyl (C=O) groups excluding carboxylic acids is 3. The van der Waals surface area contributed by atoms with Crippen LogP contribution in [0.25, 0.3) is 22.4 Å². The molecule has 1 aromatic carbocycles. The predicted octanol–water partition coefficient (Wildman–Crippen LogP) is 6.88. The number of pyridine rings is 1. The molecule has 3 N–H and O–H groups in total. The van der Waals surface area contributed by atoms with E-state index in [-0.39, 0.29) is 54.5 Å². The number of ether oxygens (including phenoxy) is 4. The predicted molar refractivity (Wildman–Crippen MR) is 211 cm³/mol. The number of piperidine rings is 1. The van der Waals surface area contributed by atoms with Gasteiger partial charge in [0.15, 0.2) is 17.0 Å². The van der Waals surface area contributed by atoms with Crippen LogP contribution in [-0.2, 0) is 20.8 Å². The molecule has 0 saturated carbocycles. The summed E-state index contributed by atoms with van der Waals surface area (Å²) in [7, 11) is 1.38. The molecule has 16 nitrogen and oxygen atoms in total. The van der Waals surface area contributed by atoms with Gasteiger partial charge in [-0.05, 0) is 98.9 Å². The maximum absolute atomic E-state index is 14.4. The standard InChI is InChI=1S/C40H51F3N8O8/c1-37(2,3)57-34(53)32-46-31(48-35(54)58-38(4,5)6)28-33(47-32)51(21-45-28)19-22-16-25(24-13-12-23(41)17-27(24)56-10)44-18-26(22)50-15-11-14-40(20-50,29(52)30(42)43)49-36(55)59-39(7,8)9/h12-13,16-18,21,29-30,52H,11,14-15,19-20H2,1-10H3,(H,49,55)(H,46,47,48,54). The smallest absolute Gasteiger partial charge is 0.413 e. The minimum Gasteiger partial charge on any atom is -0.496 e. The number of carbonyl (C=O) groups is 3. The fourth-order valence-corrected chi connectivity index (χ4v) is 6.53. The van der Waals surface area contributed by atoms with Gasteiger partial charge in [-0.3, -0.25) is 10.3 Å². The molecule has 1 fully saturated rings. The number of anilines is 2. The van der Waals surface area contributed by atoms with Crippen molar-refractivity contribution < 1.29 is 51.6 Å². The number of alkyl halides is 2. The summed E-state index contributed by atoms with van der Waals surface area (Å²) in [5.74, 6) is -1.75. The van der Waals surface area contributed by atoms with E-state index in [1.807, 2.05) is 0 Å². The number of aliphatic hydroxyl groups excluding tert-OH is 1. The molecule has 1 aliphatic rings. The largest absolute Gasteiger partial charge is 0.496 e. The van der Waals surface area contributed by atoms with Crippen molar-refractivity contribution in [2.24, 2.45) is 0 Å². The van der Waals surface area contributed by atoms with Gasteiger partial charge in [0.25, 0.3) is 6.43 Å². The van der Waals surface area contributed by atoms with Gasteiger partial charge >= 0.3 is 18.2 Å². The van der Waals surface area contributed by atoms with E-state index in [4.69, 9.17) is 18.9 Å². The van der Waals surface area contributed by atoms with Crippen molar-refractivity contribution in [1.29, 1.82) is 0 Å². The highest BCUT2D eigenvalue weighted by atomic mass is 19.3. The number of halogens is 3. The number of amides is 2. The third-order valence-corrected chi connectivity index (χ3v) is 8.83. The first-order valence-corrected chi connectivity index (χ1v) is 18.9. The zero-order valence-electron chi connectivity index (χ0n) is 34.8. The van der Waals surface area contributed by atoms with Gasteiger partial charge in [0.05, 0.1) is 43.1 Å². The molecule has 0 radical (unpaired) electrons. The van der Waals surface area contributed by atoms with Crippen LogP contribution in [-0.4, -0.2) is 103 Å². The summed E-state index contributed by atoms with van der Waals surface area (Å²) in [6.07, 6.45) is -4.14. The van der Waals surface area contributed by atoms with Crippen LogP contribution in [0, 0.1) is 5.82 Å². The quantitative estimate of drug-likeness (QED) is 0.111. The van der Waals surface area contributed by atoms with Crippen LogP contribution in [0.3, 0.4) is 0 Å². The number of aromatic nitrogens is 5. The van der Waals surface area contributed by atoms with Crippen molar-refractivity contribution in [3.8, 4) is 17.0 Å². The molecule has 0 aliphatic carbocycles. The second-order valence-corrected chi connectivity index (χ2v) is 17.2.